The first-order chi connectivity index (χ1) is 13.4. The molecule has 0 atom stereocenters. The van der Waals surface area contributed by atoms with Gasteiger partial charge in [0.05, 0.1) is 16.1 Å². The van der Waals surface area contributed by atoms with Crippen LogP contribution in [0.15, 0.2) is 24.3 Å². The molecule has 0 unspecified atom stereocenters. The van der Waals surface area contributed by atoms with E-state index >= 15 is 0 Å². The van der Waals surface area contributed by atoms with Crippen LogP contribution in [0.25, 0.3) is 16.0 Å². The molecular weight excluding hydrogens is 370 g/mol. The molecular formula is C21H27N5OS. The lowest BCUT2D eigenvalue weighted by molar-refractivity contribution is -0.132. The van der Waals surface area contributed by atoms with Gasteiger partial charge in [-0.15, -0.1) is 0 Å². The van der Waals surface area contributed by atoms with Crippen LogP contribution in [0.5, 0.6) is 0 Å². The average molecular weight is 398 g/mol. The van der Waals surface area contributed by atoms with E-state index in [1.54, 1.807) is 11.3 Å². The number of hydrogen-bond donors (Lipinski definition) is 0. The third kappa shape index (κ3) is 3.63. The summed E-state index contributed by atoms with van der Waals surface area (Å²) >= 11 is 1.70. The van der Waals surface area contributed by atoms with Gasteiger partial charge in [0.2, 0.25) is 5.91 Å². The molecule has 1 aromatic carbocycles. The van der Waals surface area contributed by atoms with Crippen LogP contribution in [0.4, 0.5) is 5.13 Å². The fraction of sp³-hybridized carbons (Fsp3) is 0.476. The molecule has 6 nitrogen and oxygen atoms in total. The predicted molar refractivity (Wildman–Crippen MR) is 114 cm³/mol. The Kier molecular flexibility index (Phi) is 5.10. The van der Waals surface area contributed by atoms with Crippen molar-refractivity contribution in [3.05, 3.63) is 35.5 Å². The maximum atomic E-state index is 12.3. The van der Waals surface area contributed by atoms with Crippen LogP contribution in [0.3, 0.4) is 0 Å². The van der Waals surface area contributed by atoms with Crippen molar-refractivity contribution in [1.29, 1.82) is 0 Å². The van der Waals surface area contributed by atoms with E-state index in [0.717, 1.165) is 53.0 Å². The number of fused-ring (bicyclic) bond motifs is 1. The number of nitrogens with zero attached hydrogens (tertiary/aromatic N) is 5. The van der Waals surface area contributed by atoms with Gasteiger partial charge in [0.1, 0.15) is 0 Å². The van der Waals surface area contributed by atoms with Gasteiger partial charge in [-0.1, -0.05) is 42.9 Å². The van der Waals surface area contributed by atoms with Crippen LogP contribution >= 0.6 is 11.3 Å². The molecule has 2 aromatic heterocycles. The summed E-state index contributed by atoms with van der Waals surface area (Å²) in [6.07, 6.45) is 0.632. The Morgan fingerprint density at radius 2 is 1.79 bits per heavy atom. The molecule has 7 heteroatoms. The highest BCUT2D eigenvalue weighted by molar-refractivity contribution is 7.22. The number of aromatic nitrogens is 3. The quantitative estimate of drug-likeness (QED) is 0.672. The number of aryl methyl sites for hydroxylation is 2. The Morgan fingerprint density at radius 3 is 2.43 bits per heavy atom. The smallest absolute Gasteiger partial charge is 0.222 e. The third-order valence-electron chi connectivity index (χ3n) is 5.14. The fourth-order valence-electron chi connectivity index (χ4n) is 3.55. The van der Waals surface area contributed by atoms with Crippen molar-refractivity contribution in [2.75, 3.05) is 31.1 Å². The maximum absolute atomic E-state index is 12.3. The standard InChI is InChI=1S/C21H27N5OS/c1-14(2)13-18(27)24-9-11-25(12-10-24)21-22-20-19(28-21)16(4)23-26(20)17-7-5-15(3)6-8-17/h5-8,14H,9-13H2,1-4H3. The van der Waals surface area contributed by atoms with E-state index in [9.17, 15) is 4.79 Å². The lowest BCUT2D eigenvalue weighted by Gasteiger charge is -2.34. The van der Waals surface area contributed by atoms with Gasteiger partial charge in [-0.05, 0) is 31.9 Å². The number of piperazine rings is 1. The summed E-state index contributed by atoms with van der Waals surface area (Å²) in [5.41, 5.74) is 4.18. The zero-order valence-corrected chi connectivity index (χ0v) is 17.8. The van der Waals surface area contributed by atoms with Gasteiger partial charge in [0.15, 0.2) is 10.8 Å². The largest absolute Gasteiger partial charge is 0.344 e. The number of rotatable bonds is 4. The first-order valence-corrected chi connectivity index (χ1v) is 10.7. The first-order valence-electron chi connectivity index (χ1n) is 9.88. The summed E-state index contributed by atoms with van der Waals surface area (Å²) in [5.74, 6) is 0.673. The summed E-state index contributed by atoms with van der Waals surface area (Å²) in [6.45, 7) is 11.5. The SMILES string of the molecule is Cc1ccc(-n2nc(C)c3sc(N4CCN(C(=O)CC(C)C)CC4)nc32)cc1. The Bertz CT molecular complexity index is 980. The Hall–Kier alpha value is -2.41. The van der Waals surface area contributed by atoms with Crippen LogP contribution in [0.2, 0.25) is 0 Å². The third-order valence-corrected chi connectivity index (χ3v) is 6.36. The molecule has 0 aliphatic carbocycles. The molecule has 0 N–H and O–H groups in total. The van der Waals surface area contributed by atoms with E-state index in [4.69, 9.17) is 10.1 Å². The summed E-state index contributed by atoms with van der Waals surface area (Å²) in [7, 11) is 0. The fourth-order valence-corrected chi connectivity index (χ4v) is 4.59. The zero-order chi connectivity index (χ0) is 19.8. The first kappa shape index (κ1) is 18.9. The van der Waals surface area contributed by atoms with E-state index in [2.05, 4.69) is 49.9 Å². The van der Waals surface area contributed by atoms with Gasteiger partial charge in [0, 0.05) is 32.6 Å². The number of benzene rings is 1. The van der Waals surface area contributed by atoms with E-state index in [1.807, 2.05) is 16.5 Å². The molecule has 4 rings (SSSR count). The number of carbonyl (C=O) groups excluding carboxylic acids is 1. The van der Waals surface area contributed by atoms with Gasteiger partial charge in [0.25, 0.3) is 0 Å². The maximum Gasteiger partial charge on any atom is 0.222 e. The van der Waals surface area contributed by atoms with Crippen LogP contribution in [-0.2, 0) is 4.79 Å². The second-order valence-electron chi connectivity index (χ2n) is 7.95. The molecule has 0 spiro atoms. The Morgan fingerprint density at radius 1 is 1.11 bits per heavy atom. The van der Waals surface area contributed by atoms with E-state index in [-0.39, 0.29) is 5.91 Å². The number of carbonyl (C=O) groups is 1. The van der Waals surface area contributed by atoms with Crippen LogP contribution in [-0.4, -0.2) is 51.8 Å². The summed E-state index contributed by atoms with van der Waals surface area (Å²) < 4.78 is 3.07. The second kappa shape index (κ2) is 7.54. The highest BCUT2D eigenvalue weighted by atomic mass is 32.1. The molecule has 3 heterocycles. The Labute approximate surface area is 169 Å². The molecule has 1 saturated heterocycles. The zero-order valence-electron chi connectivity index (χ0n) is 17.0. The average Bonchev–Trinajstić information content (AvgIpc) is 3.23. The minimum Gasteiger partial charge on any atom is -0.344 e. The number of hydrogen-bond acceptors (Lipinski definition) is 5. The summed E-state index contributed by atoms with van der Waals surface area (Å²) in [4.78, 5) is 21.5. The van der Waals surface area contributed by atoms with E-state index in [0.29, 0.717) is 12.3 Å². The topological polar surface area (TPSA) is 54.3 Å². The molecule has 148 valence electrons. The van der Waals surface area contributed by atoms with Gasteiger partial charge in [-0.3, -0.25) is 4.79 Å². The van der Waals surface area contributed by atoms with Crippen molar-refractivity contribution in [3.8, 4) is 5.69 Å². The highest BCUT2D eigenvalue weighted by Crippen LogP contribution is 2.33. The normalized spacial score (nSPS) is 15.0. The van der Waals surface area contributed by atoms with Gasteiger partial charge < -0.3 is 9.80 Å². The minimum absolute atomic E-state index is 0.268. The summed E-state index contributed by atoms with van der Waals surface area (Å²) in [5, 5.41) is 5.71. The van der Waals surface area contributed by atoms with Crippen LogP contribution < -0.4 is 4.90 Å². The lowest BCUT2D eigenvalue weighted by Crippen LogP contribution is -2.49. The van der Waals surface area contributed by atoms with Crippen LogP contribution in [0.1, 0.15) is 31.5 Å². The van der Waals surface area contributed by atoms with Crippen molar-refractivity contribution < 1.29 is 4.79 Å². The predicted octanol–water partition coefficient (Wildman–Crippen LogP) is 3.79. The number of amides is 1. The molecule has 1 aliphatic heterocycles. The van der Waals surface area contributed by atoms with Crippen molar-refractivity contribution in [2.45, 2.75) is 34.1 Å². The molecule has 0 bridgehead atoms. The molecule has 0 radical (unpaired) electrons. The number of thiazole rings is 1. The molecule has 1 fully saturated rings. The highest BCUT2D eigenvalue weighted by Gasteiger charge is 2.25. The molecule has 1 amide bonds. The van der Waals surface area contributed by atoms with Crippen LogP contribution in [0, 0.1) is 19.8 Å². The van der Waals surface area contributed by atoms with Gasteiger partial charge >= 0.3 is 0 Å². The number of anilines is 1. The lowest BCUT2D eigenvalue weighted by atomic mass is 10.1. The monoisotopic (exact) mass is 397 g/mol. The summed E-state index contributed by atoms with van der Waals surface area (Å²) in [6, 6.07) is 8.36. The Balaban J connectivity index is 1.54. The van der Waals surface area contributed by atoms with Crippen molar-refractivity contribution in [1.82, 2.24) is 19.7 Å². The second-order valence-corrected chi connectivity index (χ2v) is 8.93. The molecule has 1 aliphatic rings. The van der Waals surface area contributed by atoms with Crippen molar-refractivity contribution in [2.24, 2.45) is 5.92 Å². The van der Waals surface area contributed by atoms with Gasteiger partial charge in [-0.2, -0.15) is 10.1 Å². The van der Waals surface area contributed by atoms with Crippen molar-refractivity contribution >= 4 is 32.7 Å². The molecule has 28 heavy (non-hydrogen) atoms. The minimum atomic E-state index is 0.268. The molecule has 3 aromatic rings. The van der Waals surface area contributed by atoms with E-state index < -0.39 is 0 Å². The van der Waals surface area contributed by atoms with Gasteiger partial charge in [-0.25, -0.2) is 4.68 Å². The van der Waals surface area contributed by atoms with E-state index in [1.165, 1.54) is 5.56 Å². The van der Waals surface area contributed by atoms with Crippen molar-refractivity contribution in [3.63, 3.8) is 0 Å². The molecule has 0 saturated carbocycles.